The fourth-order valence-corrected chi connectivity index (χ4v) is 2.11. The molecular formula is C15H21N3O2. The van der Waals surface area contributed by atoms with Crippen molar-refractivity contribution in [2.45, 2.75) is 13.8 Å². The van der Waals surface area contributed by atoms with Gasteiger partial charge in [0.2, 0.25) is 5.91 Å². The third-order valence-electron chi connectivity index (χ3n) is 3.60. The molecule has 1 aliphatic heterocycles. The molecule has 5 heteroatoms. The summed E-state index contributed by atoms with van der Waals surface area (Å²) in [7, 11) is 0. The van der Waals surface area contributed by atoms with Gasteiger partial charge in [-0.05, 0) is 38.1 Å². The summed E-state index contributed by atoms with van der Waals surface area (Å²) in [5, 5.41) is 5.93. The summed E-state index contributed by atoms with van der Waals surface area (Å²) in [5.74, 6) is 0.120. The van der Waals surface area contributed by atoms with Gasteiger partial charge in [0, 0.05) is 37.4 Å². The molecule has 5 nitrogen and oxygen atoms in total. The van der Waals surface area contributed by atoms with Gasteiger partial charge in [0.25, 0.3) is 5.91 Å². The highest BCUT2D eigenvalue weighted by Gasteiger charge is 2.24. The van der Waals surface area contributed by atoms with E-state index in [9.17, 15) is 9.59 Å². The van der Waals surface area contributed by atoms with Crippen molar-refractivity contribution in [1.82, 2.24) is 10.2 Å². The Morgan fingerprint density at radius 2 is 1.80 bits per heavy atom. The van der Waals surface area contributed by atoms with Gasteiger partial charge in [-0.25, -0.2) is 0 Å². The van der Waals surface area contributed by atoms with Crippen molar-refractivity contribution in [1.29, 1.82) is 0 Å². The molecule has 1 aliphatic rings. The maximum absolute atomic E-state index is 12.1. The zero-order valence-electron chi connectivity index (χ0n) is 12.0. The van der Waals surface area contributed by atoms with Crippen molar-refractivity contribution < 1.29 is 9.59 Å². The number of hydrogen-bond acceptors (Lipinski definition) is 3. The zero-order chi connectivity index (χ0) is 14.5. The van der Waals surface area contributed by atoms with Crippen molar-refractivity contribution in [3.63, 3.8) is 0 Å². The number of carbonyl (C=O) groups excluding carboxylic acids is 2. The van der Waals surface area contributed by atoms with Gasteiger partial charge in [0.15, 0.2) is 0 Å². The Bertz CT molecular complexity index is 476. The highest BCUT2D eigenvalue weighted by Crippen LogP contribution is 2.14. The molecule has 0 aromatic heterocycles. The van der Waals surface area contributed by atoms with Crippen LogP contribution < -0.4 is 10.6 Å². The van der Waals surface area contributed by atoms with E-state index >= 15 is 0 Å². The van der Waals surface area contributed by atoms with E-state index in [4.69, 9.17) is 0 Å². The molecule has 1 saturated heterocycles. The first-order valence-corrected chi connectivity index (χ1v) is 7.06. The summed E-state index contributed by atoms with van der Waals surface area (Å²) in [6.45, 7) is 6.80. The molecule has 0 saturated carbocycles. The SMILES string of the molecule is CCN(CC)C(=O)c1ccc(NC(=O)C2CNC2)cc1. The van der Waals surface area contributed by atoms with Crippen molar-refractivity contribution in [2.24, 2.45) is 5.92 Å². The van der Waals surface area contributed by atoms with E-state index in [0.717, 1.165) is 18.8 Å². The van der Waals surface area contributed by atoms with Crippen LogP contribution in [-0.2, 0) is 4.79 Å². The summed E-state index contributed by atoms with van der Waals surface area (Å²) in [6.07, 6.45) is 0. The highest BCUT2D eigenvalue weighted by atomic mass is 16.2. The number of amides is 2. The Labute approximate surface area is 119 Å². The third-order valence-corrected chi connectivity index (χ3v) is 3.60. The summed E-state index contributed by atoms with van der Waals surface area (Å²) in [5.41, 5.74) is 1.38. The van der Waals surface area contributed by atoms with Gasteiger partial charge in [-0.2, -0.15) is 0 Å². The van der Waals surface area contributed by atoms with Gasteiger partial charge >= 0.3 is 0 Å². The molecule has 0 unspecified atom stereocenters. The monoisotopic (exact) mass is 275 g/mol. The van der Waals surface area contributed by atoms with Crippen LogP contribution in [0.25, 0.3) is 0 Å². The molecule has 20 heavy (non-hydrogen) atoms. The molecule has 108 valence electrons. The fourth-order valence-electron chi connectivity index (χ4n) is 2.11. The second kappa shape index (κ2) is 6.52. The molecule has 0 bridgehead atoms. The van der Waals surface area contributed by atoms with Gasteiger partial charge in [0.05, 0.1) is 5.92 Å². The maximum atomic E-state index is 12.1. The predicted molar refractivity (Wildman–Crippen MR) is 78.7 cm³/mol. The fraction of sp³-hybridized carbons (Fsp3) is 0.467. The van der Waals surface area contributed by atoms with Crippen LogP contribution in [0.1, 0.15) is 24.2 Å². The molecule has 1 heterocycles. The molecular weight excluding hydrogens is 254 g/mol. The Hall–Kier alpha value is -1.88. The Kier molecular flexibility index (Phi) is 4.74. The molecule has 0 aliphatic carbocycles. The highest BCUT2D eigenvalue weighted by molar-refractivity contribution is 5.96. The molecule has 0 atom stereocenters. The van der Waals surface area contributed by atoms with Crippen molar-refractivity contribution in [3.8, 4) is 0 Å². The molecule has 1 aromatic carbocycles. The quantitative estimate of drug-likeness (QED) is 0.852. The van der Waals surface area contributed by atoms with Gasteiger partial charge < -0.3 is 15.5 Å². The number of hydrogen-bond donors (Lipinski definition) is 2. The van der Waals surface area contributed by atoms with Crippen LogP contribution in [0.3, 0.4) is 0 Å². The Morgan fingerprint density at radius 1 is 1.20 bits per heavy atom. The average molecular weight is 275 g/mol. The largest absolute Gasteiger partial charge is 0.339 e. The lowest BCUT2D eigenvalue weighted by molar-refractivity contribution is -0.121. The van der Waals surface area contributed by atoms with E-state index in [-0.39, 0.29) is 17.7 Å². The first-order chi connectivity index (χ1) is 9.65. The second-order valence-electron chi connectivity index (χ2n) is 4.90. The van der Waals surface area contributed by atoms with Crippen LogP contribution in [0.4, 0.5) is 5.69 Å². The van der Waals surface area contributed by atoms with Gasteiger partial charge in [-0.15, -0.1) is 0 Å². The lowest BCUT2D eigenvalue weighted by Crippen LogP contribution is -2.48. The van der Waals surface area contributed by atoms with Crippen molar-refractivity contribution >= 4 is 17.5 Å². The number of benzene rings is 1. The van der Waals surface area contributed by atoms with E-state index in [0.29, 0.717) is 18.7 Å². The number of anilines is 1. The molecule has 2 amide bonds. The third kappa shape index (κ3) is 3.17. The van der Waals surface area contributed by atoms with E-state index in [1.165, 1.54) is 0 Å². The number of nitrogens with one attached hydrogen (secondary N) is 2. The van der Waals surface area contributed by atoms with Crippen molar-refractivity contribution in [2.75, 3.05) is 31.5 Å². The van der Waals surface area contributed by atoms with Gasteiger partial charge in [0.1, 0.15) is 0 Å². The smallest absolute Gasteiger partial charge is 0.253 e. The van der Waals surface area contributed by atoms with Gasteiger partial charge in [-0.1, -0.05) is 0 Å². The minimum Gasteiger partial charge on any atom is -0.339 e. The van der Waals surface area contributed by atoms with Gasteiger partial charge in [-0.3, -0.25) is 9.59 Å². The van der Waals surface area contributed by atoms with Crippen LogP contribution in [-0.4, -0.2) is 42.9 Å². The maximum Gasteiger partial charge on any atom is 0.253 e. The minimum atomic E-state index is 0.0241. The average Bonchev–Trinajstić information content (AvgIpc) is 2.38. The van der Waals surface area contributed by atoms with E-state index in [2.05, 4.69) is 10.6 Å². The first-order valence-electron chi connectivity index (χ1n) is 7.06. The van der Waals surface area contributed by atoms with E-state index < -0.39 is 0 Å². The summed E-state index contributed by atoms with van der Waals surface area (Å²) in [6, 6.07) is 7.08. The molecule has 2 rings (SSSR count). The van der Waals surface area contributed by atoms with Crippen LogP contribution in [0.2, 0.25) is 0 Å². The molecule has 0 spiro atoms. The topological polar surface area (TPSA) is 61.4 Å². The standard InChI is InChI=1S/C15H21N3O2/c1-3-18(4-2)15(20)11-5-7-13(8-6-11)17-14(19)12-9-16-10-12/h5-8,12,16H,3-4,9-10H2,1-2H3,(H,17,19). The predicted octanol–water partition coefficient (Wildman–Crippen LogP) is 1.33. The van der Waals surface area contributed by atoms with E-state index in [1.54, 1.807) is 29.2 Å². The summed E-state index contributed by atoms with van der Waals surface area (Å²) >= 11 is 0. The molecule has 1 aromatic rings. The molecule has 2 N–H and O–H groups in total. The Morgan fingerprint density at radius 3 is 2.25 bits per heavy atom. The number of carbonyl (C=O) groups is 2. The van der Waals surface area contributed by atoms with Crippen LogP contribution >= 0.6 is 0 Å². The van der Waals surface area contributed by atoms with Crippen LogP contribution in [0.15, 0.2) is 24.3 Å². The zero-order valence-corrected chi connectivity index (χ0v) is 12.0. The number of rotatable bonds is 5. The van der Waals surface area contributed by atoms with Crippen LogP contribution in [0, 0.1) is 5.92 Å². The molecule has 0 radical (unpaired) electrons. The number of nitrogens with zero attached hydrogens (tertiary/aromatic N) is 1. The summed E-state index contributed by atoms with van der Waals surface area (Å²) < 4.78 is 0. The van der Waals surface area contributed by atoms with Crippen molar-refractivity contribution in [3.05, 3.63) is 29.8 Å². The normalized spacial score (nSPS) is 14.5. The lowest BCUT2D eigenvalue weighted by Gasteiger charge is -2.25. The second-order valence-corrected chi connectivity index (χ2v) is 4.90. The minimum absolute atomic E-state index is 0.0241. The van der Waals surface area contributed by atoms with E-state index in [1.807, 2.05) is 13.8 Å². The lowest BCUT2D eigenvalue weighted by atomic mass is 10.0. The first kappa shape index (κ1) is 14.5. The summed E-state index contributed by atoms with van der Waals surface area (Å²) in [4.78, 5) is 25.7. The molecule has 1 fully saturated rings. The van der Waals surface area contributed by atoms with Crippen LogP contribution in [0.5, 0.6) is 0 Å². The Balaban J connectivity index is 1.98.